The molecular weight excluding hydrogens is 280 g/mol. The standard InChI is InChI=1S/C16H20N4O2/c1-19-14-10-11(6-7-12(14)17-18-19)16(21)20-8-2-4-13(20)15-5-3-9-22-15/h3,5,9,11,13H,2,4,6-8,10H2,1H3. The molecule has 2 atom stereocenters. The summed E-state index contributed by atoms with van der Waals surface area (Å²) in [7, 11) is 1.90. The van der Waals surface area contributed by atoms with Crippen LogP contribution in [0.4, 0.5) is 0 Å². The Labute approximate surface area is 129 Å². The molecule has 1 saturated heterocycles. The van der Waals surface area contributed by atoms with Gasteiger partial charge in [-0.1, -0.05) is 5.21 Å². The number of carbonyl (C=O) groups is 1. The predicted octanol–water partition coefficient (Wildman–Crippen LogP) is 1.88. The number of rotatable bonds is 2. The number of aromatic nitrogens is 3. The SMILES string of the molecule is Cn1nnc2c1CC(C(=O)N1CCCC1c1ccco1)CC2. The first-order chi connectivity index (χ1) is 10.7. The van der Waals surface area contributed by atoms with Crippen molar-refractivity contribution >= 4 is 5.91 Å². The van der Waals surface area contributed by atoms with Gasteiger partial charge in [0.05, 0.1) is 23.7 Å². The molecule has 2 aliphatic rings. The van der Waals surface area contributed by atoms with Gasteiger partial charge in [-0.2, -0.15) is 0 Å². The van der Waals surface area contributed by atoms with Crippen LogP contribution in [-0.2, 0) is 24.7 Å². The third-order valence-corrected chi connectivity index (χ3v) is 4.95. The van der Waals surface area contributed by atoms with Crippen LogP contribution in [0.2, 0.25) is 0 Å². The molecular formula is C16H20N4O2. The highest BCUT2D eigenvalue weighted by Crippen LogP contribution is 2.35. The Morgan fingerprint density at radius 2 is 2.32 bits per heavy atom. The number of hydrogen-bond donors (Lipinski definition) is 0. The molecule has 22 heavy (non-hydrogen) atoms. The van der Waals surface area contributed by atoms with Crippen molar-refractivity contribution in [3.8, 4) is 0 Å². The first-order valence-corrected chi connectivity index (χ1v) is 7.95. The Kier molecular flexibility index (Phi) is 3.24. The van der Waals surface area contributed by atoms with Crippen LogP contribution in [0.15, 0.2) is 22.8 Å². The molecule has 0 bridgehead atoms. The minimum Gasteiger partial charge on any atom is -0.467 e. The van der Waals surface area contributed by atoms with Gasteiger partial charge in [-0.05, 0) is 37.8 Å². The number of aryl methyl sites for hydroxylation is 2. The van der Waals surface area contributed by atoms with Gasteiger partial charge in [0.15, 0.2) is 0 Å². The quantitative estimate of drug-likeness (QED) is 0.849. The van der Waals surface area contributed by atoms with Crippen LogP contribution in [0.25, 0.3) is 0 Å². The molecule has 0 aromatic carbocycles. The number of furan rings is 1. The van der Waals surface area contributed by atoms with E-state index >= 15 is 0 Å². The summed E-state index contributed by atoms with van der Waals surface area (Å²) < 4.78 is 7.34. The molecule has 0 spiro atoms. The van der Waals surface area contributed by atoms with E-state index in [0.29, 0.717) is 0 Å². The lowest BCUT2D eigenvalue weighted by atomic mass is 9.88. The van der Waals surface area contributed by atoms with Crippen molar-refractivity contribution in [3.05, 3.63) is 35.5 Å². The molecule has 116 valence electrons. The summed E-state index contributed by atoms with van der Waals surface area (Å²) in [4.78, 5) is 15.0. The minimum absolute atomic E-state index is 0.0419. The molecule has 1 amide bonds. The van der Waals surface area contributed by atoms with E-state index in [1.54, 1.807) is 6.26 Å². The average Bonchev–Trinajstić information content (AvgIpc) is 3.26. The van der Waals surface area contributed by atoms with Crippen molar-refractivity contribution in [1.29, 1.82) is 0 Å². The predicted molar refractivity (Wildman–Crippen MR) is 78.9 cm³/mol. The van der Waals surface area contributed by atoms with Crippen molar-refractivity contribution in [2.45, 2.75) is 38.1 Å². The molecule has 2 aromatic rings. The topological polar surface area (TPSA) is 64.2 Å². The van der Waals surface area contributed by atoms with Gasteiger partial charge in [0.2, 0.25) is 5.91 Å². The maximum Gasteiger partial charge on any atom is 0.226 e. The number of fused-ring (bicyclic) bond motifs is 1. The van der Waals surface area contributed by atoms with Crippen LogP contribution in [0.5, 0.6) is 0 Å². The van der Waals surface area contributed by atoms with Gasteiger partial charge in [0.1, 0.15) is 5.76 Å². The number of amides is 1. The summed E-state index contributed by atoms with van der Waals surface area (Å²) in [5.41, 5.74) is 2.16. The van der Waals surface area contributed by atoms with E-state index in [2.05, 4.69) is 10.3 Å². The largest absolute Gasteiger partial charge is 0.467 e. The molecule has 6 nitrogen and oxygen atoms in total. The minimum atomic E-state index is 0.0419. The van der Waals surface area contributed by atoms with Crippen molar-refractivity contribution in [2.24, 2.45) is 13.0 Å². The molecule has 1 aliphatic heterocycles. The molecule has 2 aromatic heterocycles. The second kappa shape index (κ2) is 5.26. The molecule has 6 heteroatoms. The zero-order valence-electron chi connectivity index (χ0n) is 12.7. The summed E-state index contributed by atoms with van der Waals surface area (Å²) >= 11 is 0. The molecule has 0 radical (unpaired) electrons. The summed E-state index contributed by atoms with van der Waals surface area (Å²) in [5.74, 6) is 1.20. The van der Waals surface area contributed by atoms with Crippen molar-refractivity contribution in [3.63, 3.8) is 0 Å². The van der Waals surface area contributed by atoms with Crippen LogP contribution in [0.1, 0.15) is 42.5 Å². The highest BCUT2D eigenvalue weighted by molar-refractivity contribution is 5.80. The average molecular weight is 300 g/mol. The van der Waals surface area contributed by atoms with Crippen molar-refractivity contribution < 1.29 is 9.21 Å². The first kappa shape index (κ1) is 13.5. The molecule has 4 rings (SSSR count). The fraction of sp³-hybridized carbons (Fsp3) is 0.562. The maximum atomic E-state index is 13.0. The molecule has 3 heterocycles. The van der Waals surface area contributed by atoms with E-state index in [0.717, 1.165) is 55.8 Å². The van der Waals surface area contributed by atoms with Gasteiger partial charge >= 0.3 is 0 Å². The van der Waals surface area contributed by atoms with E-state index in [9.17, 15) is 4.79 Å². The van der Waals surface area contributed by atoms with Gasteiger partial charge in [-0.15, -0.1) is 5.10 Å². The van der Waals surface area contributed by atoms with Crippen LogP contribution in [-0.4, -0.2) is 32.3 Å². The first-order valence-electron chi connectivity index (χ1n) is 7.95. The van der Waals surface area contributed by atoms with Gasteiger partial charge in [-0.3, -0.25) is 9.48 Å². The summed E-state index contributed by atoms with van der Waals surface area (Å²) in [6, 6.07) is 3.97. The van der Waals surface area contributed by atoms with Crippen LogP contribution >= 0.6 is 0 Å². The lowest BCUT2D eigenvalue weighted by Crippen LogP contribution is -2.38. The molecule has 1 fully saturated rings. The van der Waals surface area contributed by atoms with Crippen LogP contribution in [0.3, 0.4) is 0 Å². The Bertz CT molecular complexity index is 676. The summed E-state index contributed by atoms with van der Waals surface area (Å²) in [6.07, 6.45) is 6.18. The van der Waals surface area contributed by atoms with Gasteiger partial charge in [0.25, 0.3) is 0 Å². The lowest BCUT2D eigenvalue weighted by molar-refractivity contribution is -0.137. The number of carbonyl (C=O) groups excluding carboxylic acids is 1. The van der Waals surface area contributed by atoms with Crippen LogP contribution in [0, 0.1) is 5.92 Å². The molecule has 1 aliphatic carbocycles. The van der Waals surface area contributed by atoms with E-state index < -0.39 is 0 Å². The third-order valence-electron chi connectivity index (χ3n) is 4.95. The fourth-order valence-corrected chi connectivity index (χ4v) is 3.76. The summed E-state index contributed by atoms with van der Waals surface area (Å²) in [6.45, 7) is 0.831. The maximum absolute atomic E-state index is 13.0. The third kappa shape index (κ3) is 2.14. The Morgan fingerprint density at radius 3 is 3.14 bits per heavy atom. The second-order valence-corrected chi connectivity index (χ2v) is 6.25. The lowest BCUT2D eigenvalue weighted by Gasteiger charge is -2.29. The van der Waals surface area contributed by atoms with Crippen molar-refractivity contribution in [2.75, 3.05) is 6.54 Å². The van der Waals surface area contributed by atoms with E-state index in [1.807, 2.05) is 28.8 Å². The summed E-state index contributed by atoms with van der Waals surface area (Å²) in [5, 5.41) is 8.25. The van der Waals surface area contributed by atoms with Gasteiger partial charge < -0.3 is 9.32 Å². The van der Waals surface area contributed by atoms with Crippen LogP contribution < -0.4 is 0 Å². The highest BCUT2D eigenvalue weighted by atomic mass is 16.3. The molecule has 2 unspecified atom stereocenters. The smallest absolute Gasteiger partial charge is 0.226 e. The fourth-order valence-electron chi connectivity index (χ4n) is 3.76. The zero-order valence-corrected chi connectivity index (χ0v) is 12.7. The monoisotopic (exact) mass is 300 g/mol. The van der Waals surface area contributed by atoms with Gasteiger partial charge in [0, 0.05) is 25.9 Å². The molecule has 0 saturated carbocycles. The highest BCUT2D eigenvalue weighted by Gasteiger charge is 2.37. The second-order valence-electron chi connectivity index (χ2n) is 6.25. The Balaban J connectivity index is 1.53. The van der Waals surface area contributed by atoms with Crippen molar-refractivity contribution in [1.82, 2.24) is 19.9 Å². The van der Waals surface area contributed by atoms with Gasteiger partial charge in [-0.25, -0.2) is 0 Å². The normalized spacial score (nSPS) is 24.5. The van der Waals surface area contributed by atoms with E-state index in [4.69, 9.17) is 4.42 Å². The Morgan fingerprint density at radius 1 is 1.41 bits per heavy atom. The number of likely N-dealkylation sites (tertiary alicyclic amines) is 1. The number of nitrogens with zero attached hydrogens (tertiary/aromatic N) is 4. The molecule has 0 N–H and O–H groups in total. The number of hydrogen-bond acceptors (Lipinski definition) is 4. The van der Waals surface area contributed by atoms with E-state index in [1.165, 1.54) is 0 Å². The Hall–Kier alpha value is -2.11. The van der Waals surface area contributed by atoms with E-state index in [-0.39, 0.29) is 17.9 Å². The zero-order chi connectivity index (χ0) is 15.1.